The quantitative estimate of drug-likeness (QED) is 0.519. The van der Waals surface area contributed by atoms with E-state index in [2.05, 4.69) is 5.32 Å². The highest BCUT2D eigenvalue weighted by molar-refractivity contribution is 7.91. The van der Waals surface area contributed by atoms with Crippen molar-refractivity contribution in [1.29, 1.82) is 0 Å². The number of aliphatic hydroxyl groups excluding tert-OH is 1. The first-order chi connectivity index (χ1) is 5.41. The molecular weight excluding hydrogens is 182 g/mol. The van der Waals surface area contributed by atoms with E-state index in [0.29, 0.717) is 0 Å². The van der Waals surface area contributed by atoms with E-state index in [-0.39, 0.29) is 17.4 Å². The van der Waals surface area contributed by atoms with Crippen LogP contribution in [0, 0.1) is 0 Å². The summed E-state index contributed by atoms with van der Waals surface area (Å²) in [6.07, 6.45) is -0.959. The smallest absolute Gasteiger partial charge is 0.217 e. The van der Waals surface area contributed by atoms with Crippen molar-refractivity contribution in [1.82, 2.24) is 5.32 Å². The second-order valence-corrected chi connectivity index (χ2v) is 5.11. The zero-order valence-electron chi connectivity index (χ0n) is 6.65. The molecule has 0 bridgehead atoms. The molecule has 1 fully saturated rings. The van der Waals surface area contributed by atoms with E-state index in [1.165, 1.54) is 6.92 Å². The Morgan fingerprint density at radius 1 is 1.50 bits per heavy atom. The first kappa shape index (κ1) is 9.47. The van der Waals surface area contributed by atoms with Crippen LogP contribution in [0.3, 0.4) is 0 Å². The third-order valence-electron chi connectivity index (χ3n) is 1.71. The van der Waals surface area contributed by atoms with Gasteiger partial charge in [0.15, 0.2) is 9.84 Å². The molecule has 1 amide bonds. The van der Waals surface area contributed by atoms with Crippen LogP contribution in [0.25, 0.3) is 0 Å². The highest BCUT2D eigenvalue weighted by Gasteiger charge is 2.36. The van der Waals surface area contributed by atoms with Crippen LogP contribution in [0.5, 0.6) is 0 Å². The van der Waals surface area contributed by atoms with Crippen molar-refractivity contribution in [3.05, 3.63) is 0 Å². The first-order valence-electron chi connectivity index (χ1n) is 3.56. The van der Waals surface area contributed by atoms with E-state index in [1.807, 2.05) is 0 Å². The number of rotatable bonds is 1. The average molecular weight is 193 g/mol. The van der Waals surface area contributed by atoms with Gasteiger partial charge in [-0.2, -0.15) is 0 Å². The standard InChI is InChI=1S/C6H11NO4S/c1-4(8)7-5-2-12(10,11)3-6(5)9/h5-6,9H,2-3H2,1H3,(H,7,8)/t5-,6+/m0/s1. The lowest BCUT2D eigenvalue weighted by molar-refractivity contribution is -0.120. The van der Waals surface area contributed by atoms with E-state index in [1.54, 1.807) is 0 Å². The lowest BCUT2D eigenvalue weighted by Gasteiger charge is -2.12. The molecule has 5 nitrogen and oxygen atoms in total. The van der Waals surface area contributed by atoms with Gasteiger partial charge in [-0.3, -0.25) is 4.79 Å². The van der Waals surface area contributed by atoms with Crippen molar-refractivity contribution >= 4 is 15.7 Å². The number of hydrogen-bond donors (Lipinski definition) is 2. The van der Waals surface area contributed by atoms with Gasteiger partial charge >= 0.3 is 0 Å². The summed E-state index contributed by atoms with van der Waals surface area (Å²) in [4.78, 5) is 10.5. The fourth-order valence-electron chi connectivity index (χ4n) is 1.23. The fraction of sp³-hybridized carbons (Fsp3) is 0.833. The zero-order valence-corrected chi connectivity index (χ0v) is 7.47. The van der Waals surface area contributed by atoms with Crippen molar-refractivity contribution in [3.8, 4) is 0 Å². The van der Waals surface area contributed by atoms with Gasteiger partial charge in [0.25, 0.3) is 0 Å². The van der Waals surface area contributed by atoms with Gasteiger partial charge in [0.2, 0.25) is 5.91 Å². The van der Waals surface area contributed by atoms with Crippen LogP contribution in [0.4, 0.5) is 0 Å². The van der Waals surface area contributed by atoms with Crippen molar-refractivity contribution in [3.63, 3.8) is 0 Å². The molecule has 0 aromatic heterocycles. The van der Waals surface area contributed by atoms with Gasteiger partial charge in [0.1, 0.15) is 0 Å². The largest absolute Gasteiger partial charge is 0.390 e. The first-order valence-corrected chi connectivity index (χ1v) is 5.38. The van der Waals surface area contributed by atoms with Crippen LogP contribution in [-0.4, -0.2) is 43.1 Å². The SMILES string of the molecule is CC(=O)N[C@H]1CS(=O)(=O)C[C@H]1O. The molecule has 0 aliphatic carbocycles. The average Bonchev–Trinajstić information content (AvgIpc) is 2.03. The second kappa shape index (κ2) is 3.02. The highest BCUT2D eigenvalue weighted by Crippen LogP contribution is 2.11. The van der Waals surface area contributed by atoms with Gasteiger partial charge in [-0.25, -0.2) is 8.42 Å². The summed E-state index contributed by atoms with van der Waals surface area (Å²) in [6, 6.07) is -0.632. The Morgan fingerprint density at radius 2 is 2.08 bits per heavy atom. The molecule has 1 aliphatic rings. The fourth-order valence-corrected chi connectivity index (χ4v) is 2.97. The van der Waals surface area contributed by atoms with Gasteiger partial charge in [-0.1, -0.05) is 0 Å². The Bertz CT molecular complexity index is 284. The van der Waals surface area contributed by atoms with Gasteiger partial charge in [0.05, 0.1) is 23.7 Å². The maximum Gasteiger partial charge on any atom is 0.217 e. The van der Waals surface area contributed by atoms with Crippen LogP contribution in [-0.2, 0) is 14.6 Å². The number of carbonyl (C=O) groups excluding carboxylic acids is 1. The summed E-state index contributed by atoms with van der Waals surface area (Å²) in [7, 11) is -3.16. The Hall–Kier alpha value is -0.620. The van der Waals surface area contributed by atoms with Gasteiger partial charge in [-0.15, -0.1) is 0 Å². The highest BCUT2D eigenvalue weighted by atomic mass is 32.2. The van der Waals surface area contributed by atoms with Crippen molar-refractivity contribution < 1.29 is 18.3 Å². The van der Waals surface area contributed by atoms with Crippen LogP contribution in [0.2, 0.25) is 0 Å². The topological polar surface area (TPSA) is 83.5 Å². The molecule has 0 spiro atoms. The molecule has 0 aromatic carbocycles. The van der Waals surface area contributed by atoms with Gasteiger partial charge in [-0.05, 0) is 0 Å². The summed E-state index contributed by atoms with van der Waals surface area (Å²) < 4.78 is 21.8. The van der Waals surface area contributed by atoms with E-state index < -0.39 is 22.0 Å². The molecule has 70 valence electrons. The van der Waals surface area contributed by atoms with Gasteiger partial charge < -0.3 is 10.4 Å². The van der Waals surface area contributed by atoms with Crippen molar-refractivity contribution in [2.45, 2.75) is 19.1 Å². The number of aliphatic hydroxyl groups is 1. The molecule has 6 heteroatoms. The van der Waals surface area contributed by atoms with Crippen molar-refractivity contribution in [2.24, 2.45) is 0 Å². The van der Waals surface area contributed by atoms with Gasteiger partial charge in [0, 0.05) is 6.92 Å². The summed E-state index contributed by atoms with van der Waals surface area (Å²) >= 11 is 0. The lowest BCUT2D eigenvalue weighted by Crippen LogP contribution is -2.41. The maximum absolute atomic E-state index is 10.9. The molecule has 0 saturated carbocycles. The Labute approximate surface area is 70.7 Å². The van der Waals surface area contributed by atoms with E-state index >= 15 is 0 Å². The summed E-state index contributed by atoms with van der Waals surface area (Å²) in [5, 5.41) is 11.6. The molecule has 12 heavy (non-hydrogen) atoms. The summed E-state index contributed by atoms with van der Waals surface area (Å²) in [6.45, 7) is 1.29. The number of hydrogen-bond acceptors (Lipinski definition) is 4. The van der Waals surface area contributed by atoms with Crippen LogP contribution < -0.4 is 5.32 Å². The third-order valence-corrected chi connectivity index (χ3v) is 3.43. The summed E-state index contributed by atoms with van der Waals surface area (Å²) in [5.41, 5.74) is 0. The molecule has 1 aliphatic heterocycles. The minimum absolute atomic E-state index is 0.159. The second-order valence-electron chi connectivity index (χ2n) is 2.95. The Morgan fingerprint density at radius 3 is 2.42 bits per heavy atom. The van der Waals surface area contributed by atoms with Crippen molar-refractivity contribution in [2.75, 3.05) is 11.5 Å². The van der Waals surface area contributed by atoms with Crippen LogP contribution in [0.1, 0.15) is 6.92 Å². The number of carbonyl (C=O) groups is 1. The predicted molar refractivity (Wildman–Crippen MR) is 42.3 cm³/mol. The lowest BCUT2D eigenvalue weighted by atomic mass is 10.2. The number of sulfone groups is 1. The molecule has 0 aromatic rings. The van der Waals surface area contributed by atoms with E-state index in [9.17, 15) is 18.3 Å². The zero-order chi connectivity index (χ0) is 9.35. The van der Waals surface area contributed by atoms with Crippen LogP contribution >= 0.6 is 0 Å². The predicted octanol–water partition coefficient (Wildman–Crippen LogP) is -1.72. The molecule has 1 rings (SSSR count). The minimum Gasteiger partial charge on any atom is -0.390 e. The molecule has 2 N–H and O–H groups in total. The summed E-state index contributed by atoms with van der Waals surface area (Å²) in [5.74, 6) is -0.734. The third kappa shape index (κ3) is 2.18. The number of nitrogens with one attached hydrogen (secondary N) is 1. The molecule has 2 atom stereocenters. The Balaban J connectivity index is 2.64. The molecule has 1 saturated heterocycles. The van der Waals surface area contributed by atoms with E-state index in [0.717, 1.165) is 0 Å². The molecule has 0 radical (unpaired) electrons. The van der Waals surface area contributed by atoms with E-state index in [4.69, 9.17) is 0 Å². The Kier molecular flexibility index (Phi) is 2.39. The minimum atomic E-state index is -3.16. The molecular formula is C6H11NO4S. The monoisotopic (exact) mass is 193 g/mol. The maximum atomic E-state index is 10.9. The number of amides is 1. The van der Waals surface area contributed by atoms with Crippen LogP contribution in [0.15, 0.2) is 0 Å². The normalized spacial score (nSPS) is 33.2. The molecule has 0 unspecified atom stereocenters. The molecule has 1 heterocycles.